The number of nitrogens with two attached hydrogens (primary N) is 1. The van der Waals surface area contributed by atoms with Crippen molar-refractivity contribution in [1.29, 1.82) is 5.26 Å². The minimum Gasteiger partial charge on any atom is -0.384 e. The normalized spacial score (nSPS) is 10.0. The van der Waals surface area contributed by atoms with Crippen molar-refractivity contribution in [2.45, 2.75) is 18.5 Å². The van der Waals surface area contributed by atoms with E-state index in [9.17, 15) is 4.79 Å². The van der Waals surface area contributed by atoms with Crippen LogP contribution in [0.4, 0.5) is 11.5 Å². The van der Waals surface area contributed by atoms with Gasteiger partial charge in [-0.1, -0.05) is 23.9 Å². The summed E-state index contributed by atoms with van der Waals surface area (Å²) in [5.41, 5.74) is 7.41. The third-order valence-electron chi connectivity index (χ3n) is 2.74. The number of aryl methyl sites for hydroxylation is 1. The highest BCUT2D eigenvalue weighted by Crippen LogP contribution is 2.17. The zero-order valence-electron chi connectivity index (χ0n) is 12.0. The number of carbonyl (C=O) groups is 1. The Bertz CT molecular complexity index is 706. The number of anilines is 2. The van der Waals surface area contributed by atoms with Crippen molar-refractivity contribution < 1.29 is 4.79 Å². The van der Waals surface area contributed by atoms with Crippen LogP contribution < -0.4 is 11.1 Å². The molecule has 2 rings (SSSR count). The summed E-state index contributed by atoms with van der Waals surface area (Å²) in [7, 11) is 0. The number of nitriles is 1. The van der Waals surface area contributed by atoms with Crippen LogP contribution in [0.15, 0.2) is 35.5 Å². The van der Waals surface area contributed by atoms with Gasteiger partial charge >= 0.3 is 0 Å². The van der Waals surface area contributed by atoms with E-state index in [1.165, 1.54) is 11.8 Å². The fourth-order valence-corrected chi connectivity index (χ4v) is 2.62. The van der Waals surface area contributed by atoms with Crippen LogP contribution in [-0.4, -0.2) is 21.6 Å². The molecule has 0 saturated heterocycles. The molecule has 3 N–H and O–H groups in total. The molecule has 1 amide bonds. The fraction of sp³-hybridized carbons (Fsp3) is 0.200. The minimum absolute atomic E-state index is 0.157. The number of hydrogen-bond acceptors (Lipinski definition) is 6. The van der Waals surface area contributed by atoms with Crippen molar-refractivity contribution in [3.05, 3.63) is 41.6 Å². The zero-order chi connectivity index (χ0) is 15.9. The average molecular weight is 313 g/mol. The summed E-state index contributed by atoms with van der Waals surface area (Å²) < 4.78 is 0. The van der Waals surface area contributed by atoms with Crippen LogP contribution in [0.25, 0.3) is 0 Å². The molecule has 112 valence electrons. The third-order valence-corrected chi connectivity index (χ3v) is 3.58. The van der Waals surface area contributed by atoms with Crippen molar-refractivity contribution in [3.63, 3.8) is 0 Å². The molecule has 0 aliphatic heterocycles. The molecule has 0 bridgehead atoms. The molecule has 0 aliphatic rings. The van der Waals surface area contributed by atoms with E-state index >= 15 is 0 Å². The number of thioether (sulfide) groups is 1. The van der Waals surface area contributed by atoms with E-state index in [0.29, 0.717) is 34.4 Å². The van der Waals surface area contributed by atoms with Crippen LogP contribution in [0.3, 0.4) is 0 Å². The van der Waals surface area contributed by atoms with Crippen molar-refractivity contribution >= 4 is 29.2 Å². The van der Waals surface area contributed by atoms with Crippen molar-refractivity contribution in [3.8, 4) is 6.07 Å². The highest BCUT2D eigenvalue weighted by molar-refractivity contribution is 7.99. The zero-order valence-corrected chi connectivity index (χ0v) is 12.9. The number of amides is 1. The number of nitrogens with zero attached hydrogens (tertiary/aromatic N) is 3. The fourth-order valence-electron chi connectivity index (χ4n) is 1.77. The standard InChI is InChI=1S/C15H15N5OS/c1-10-8-13(17)20-15(18-10)22-7-6-14(21)19-12-5-3-2-4-11(12)9-16/h2-5,8H,6-7H2,1H3,(H,19,21)(H2,17,18,20). The maximum absolute atomic E-state index is 11.9. The molecule has 2 aromatic rings. The largest absolute Gasteiger partial charge is 0.384 e. The Labute approximate surface area is 132 Å². The molecule has 0 atom stereocenters. The summed E-state index contributed by atoms with van der Waals surface area (Å²) in [6, 6.07) is 10.6. The number of hydrogen-bond donors (Lipinski definition) is 2. The third kappa shape index (κ3) is 4.46. The van der Waals surface area contributed by atoms with Gasteiger partial charge in [-0.15, -0.1) is 0 Å². The molecule has 22 heavy (non-hydrogen) atoms. The summed E-state index contributed by atoms with van der Waals surface area (Å²) in [6.07, 6.45) is 0.293. The first-order valence-corrected chi connectivity index (χ1v) is 7.60. The summed E-state index contributed by atoms with van der Waals surface area (Å²) in [5, 5.41) is 12.3. The predicted octanol–water partition coefficient (Wildman–Crippen LogP) is 2.36. The number of rotatable bonds is 5. The monoisotopic (exact) mass is 313 g/mol. The van der Waals surface area contributed by atoms with Gasteiger partial charge in [0.05, 0.1) is 11.3 Å². The van der Waals surface area contributed by atoms with E-state index in [2.05, 4.69) is 15.3 Å². The second-order valence-corrected chi connectivity index (χ2v) is 5.58. The lowest BCUT2D eigenvalue weighted by Gasteiger charge is -2.06. The van der Waals surface area contributed by atoms with Gasteiger partial charge in [0.25, 0.3) is 0 Å². The Hall–Kier alpha value is -2.59. The highest BCUT2D eigenvalue weighted by atomic mass is 32.2. The van der Waals surface area contributed by atoms with Gasteiger partial charge < -0.3 is 11.1 Å². The van der Waals surface area contributed by atoms with Gasteiger partial charge in [0.2, 0.25) is 5.91 Å². The van der Waals surface area contributed by atoms with Gasteiger partial charge in [0.15, 0.2) is 5.16 Å². The highest BCUT2D eigenvalue weighted by Gasteiger charge is 2.07. The first kappa shape index (κ1) is 15.8. The van der Waals surface area contributed by atoms with Crippen LogP contribution in [0.2, 0.25) is 0 Å². The molecule has 7 heteroatoms. The number of nitrogens with one attached hydrogen (secondary N) is 1. The van der Waals surface area contributed by atoms with Crippen molar-refractivity contribution in [1.82, 2.24) is 9.97 Å². The molecular formula is C15H15N5OS. The lowest BCUT2D eigenvalue weighted by molar-refractivity contribution is -0.115. The predicted molar refractivity (Wildman–Crippen MR) is 86.3 cm³/mol. The number of para-hydroxylation sites is 1. The van der Waals surface area contributed by atoms with E-state index in [4.69, 9.17) is 11.0 Å². The average Bonchev–Trinajstić information content (AvgIpc) is 2.46. The Kier molecular flexibility index (Phi) is 5.33. The number of carbonyl (C=O) groups excluding carboxylic acids is 1. The van der Waals surface area contributed by atoms with Crippen molar-refractivity contribution in [2.75, 3.05) is 16.8 Å². The van der Waals surface area contributed by atoms with Crippen LogP contribution in [-0.2, 0) is 4.79 Å². The van der Waals surface area contributed by atoms with E-state index in [0.717, 1.165) is 5.69 Å². The second-order valence-electron chi connectivity index (χ2n) is 4.52. The van der Waals surface area contributed by atoms with E-state index in [1.54, 1.807) is 30.3 Å². The van der Waals surface area contributed by atoms with E-state index in [1.807, 2.05) is 13.0 Å². The summed E-state index contributed by atoms with van der Waals surface area (Å²) >= 11 is 1.37. The molecule has 0 aliphatic carbocycles. The molecule has 1 aromatic carbocycles. The SMILES string of the molecule is Cc1cc(N)nc(SCCC(=O)Nc2ccccc2C#N)n1. The Morgan fingerprint density at radius 3 is 2.91 bits per heavy atom. The van der Waals surface area contributed by atoms with Crippen LogP contribution >= 0.6 is 11.8 Å². The van der Waals surface area contributed by atoms with Crippen LogP contribution in [0.1, 0.15) is 17.7 Å². The summed E-state index contributed by atoms with van der Waals surface area (Å²) in [4.78, 5) is 20.2. The summed E-state index contributed by atoms with van der Waals surface area (Å²) in [5.74, 6) is 0.793. The number of aromatic nitrogens is 2. The Morgan fingerprint density at radius 1 is 1.41 bits per heavy atom. The molecule has 0 fully saturated rings. The van der Waals surface area contributed by atoms with Gasteiger partial charge in [-0.3, -0.25) is 4.79 Å². The molecule has 1 heterocycles. The lowest BCUT2D eigenvalue weighted by atomic mass is 10.2. The van der Waals surface area contributed by atoms with Crippen LogP contribution in [0.5, 0.6) is 0 Å². The van der Waals surface area contributed by atoms with E-state index < -0.39 is 0 Å². The van der Waals surface area contributed by atoms with Crippen molar-refractivity contribution in [2.24, 2.45) is 0 Å². The molecule has 0 spiro atoms. The molecule has 1 aromatic heterocycles. The van der Waals surface area contributed by atoms with Crippen LogP contribution in [0, 0.1) is 18.3 Å². The van der Waals surface area contributed by atoms with Gasteiger partial charge in [-0.05, 0) is 19.1 Å². The topological polar surface area (TPSA) is 105 Å². The minimum atomic E-state index is -0.157. The first-order valence-electron chi connectivity index (χ1n) is 6.61. The first-order chi connectivity index (χ1) is 10.6. The van der Waals surface area contributed by atoms with Gasteiger partial charge in [0, 0.05) is 23.9 Å². The quantitative estimate of drug-likeness (QED) is 0.648. The smallest absolute Gasteiger partial charge is 0.225 e. The Morgan fingerprint density at radius 2 is 2.18 bits per heavy atom. The van der Waals surface area contributed by atoms with Gasteiger partial charge in [0.1, 0.15) is 11.9 Å². The number of benzene rings is 1. The lowest BCUT2D eigenvalue weighted by Crippen LogP contribution is -2.13. The molecule has 0 saturated carbocycles. The maximum Gasteiger partial charge on any atom is 0.225 e. The molecule has 0 radical (unpaired) electrons. The Balaban J connectivity index is 1.87. The maximum atomic E-state index is 11.9. The number of nitrogen functional groups attached to an aromatic ring is 1. The molecule has 0 unspecified atom stereocenters. The van der Waals surface area contributed by atoms with Gasteiger partial charge in [-0.25, -0.2) is 9.97 Å². The van der Waals surface area contributed by atoms with E-state index in [-0.39, 0.29) is 5.91 Å². The molecule has 6 nitrogen and oxygen atoms in total. The summed E-state index contributed by atoms with van der Waals surface area (Å²) in [6.45, 7) is 1.84. The second kappa shape index (κ2) is 7.43. The van der Waals surface area contributed by atoms with Gasteiger partial charge in [-0.2, -0.15) is 5.26 Å². The molecular weight excluding hydrogens is 298 g/mol.